The van der Waals surface area contributed by atoms with Crippen LogP contribution in [0.1, 0.15) is 23.6 Å². The first kappa shape index (κ1) is 24.3. The number of aryl methyl sites for hydroxylation is 1. The van der Waals surface area contributed by atoms with Crippen LogP contribution in [0.15, 0.2) is 72.9 Å². The van der Waals surface area contributed by atoms with E-state index in [2.05, 4.69) is 15.6 Å². The van der Waals surface area contributed by atoms with Gasteiger partial charge in [-0.25, -0.2) is 4.90 Å². The minimum absolute atomic E-state index is 0.311. The van der Waals surface area contributed by atoms with E-state index in [1.807, 2.05) is 55.6 Å². The van der Waals surface area contributed by atoms with E-state index in [0.29, 0.717) is 29.1 Å². The highest BCUT2D eigenvalue weighted by molar-refractivity contribution is 6.26. The van der Waals surface area contributed by atoms with Crippen molar-refractivity contribution in [1.82, 2.24) is 10.3 Å². The molecule has 0 radical (unpaired) electrons. The number of ether oxygens (including phenoxy) is 1. The summed E-state index contributed by atoms with van der Waals surface area (Å²) >= 11 is 0. The largest absolute Gasteiger partial charge is 0.427 e. The molecule has 1 spiro atoms. The molecule has 2 unspecified atom stereocenters. The minimum atomic E-state index is -1.39. The third kappa shape index (κ3) is 3.31. The number of nitrogens with one attached hydrogen (secondary N) is 3. The topological polar surface area (TPSA) is 121 Å². The number of esters is 1. The molecule has 0 bridgehead atoms. The van der Waals surface area contributed by atoms with Crippen LogP contribution in [-0.4, -0.2) is 34.7 Å². The van der Waals surface area contributed by atoms with Gasteiger partial charge in [0.15, 0.2) is 0 Å². The molecule has 3 aliphatic heterocycles. The molecule has 2 fully saturated rings. The number of para-hydroxylation sites is 2. The number of anilines is 2. The van der Waals surface area contributed by atoms with Gasteiger partial charge < -0.3 is 15.0 Å². The molecule has 3 N–H and O–H groups in total. The minimum Gasteiger partial charge on any atom is -0.427 e. The van der Waals surface area contributed by atoms with Crippen LogP contribution in [0.3, 0.4) is 0 Å². The Labute approximate surface area is 229 Å². The van der Waals surface area contributed by atoms with Gasteiger partial charge in [0.25, 0.3) is 0 Å². The molecule has 9 nitrogen and oxygen atoms in total. The molecule has 0 aliphatic carbocycles. The number of aromatic amines is 1. The van der Waals surface area contributed by atoms with Crippen molar-refractivity contribution in [2.75, 3.05) is 10.2 Å². The average molecular weight is 535 g/mol. The molecule has 2 saturated heterocycles. The van der Waals surface area contributed by atoms with Crippen molar-refractivity contribution in [3.05, 3.63) is 89.6 Å². The lowest BCUT2D eigenvalue weighted by Crippen LogP contribution is -2.53. The van der Waals surface area contributed by atoms with Crippen molar-refractivity contribution in [2.45, 2.75) is 31.8 Å². The maximum absolute atomic E-state index is 14.2. The molecule has 4 heterocycles. The first-order chi connectivity index (χ1) is 19.3. The number of H-pyrrole nitrogens is 1. The van der Waals surface area contributed by atoms with E-state index in [1.165, 1.54) is 11.8 Å². The van der Waals surface area contributed by atoms with E-state index in [-0.39, 0.29) is 11.8 Å². The lowest BCUT2D eigenvalue weighted by atomic mass is 9.76. The number of aromatic nitrogens is 1. The van der Waals surface area contributed by atoms with E-state index >= 15 is 0 Å². The smallest absolute Gasteiger partial charge is 0.308 e. The summed E-state index contributed by atoms with van der Waals surface area (Å²) in [5, 5.41) is 7.55. The molecule has 3 aromatic carbocycles. The molecule has 3 aliphatic rings. The number of hydrogen-bond donors (Lipinski definition) is 3. The zero-order valence-corrected chi connectivity index (χ0v) is 21.9. The molecule has 1 aromatic heterocycles. The first-order valence-corrected chi connectivity index (χ1v) is 13.2. The number of carbonyl (C=O) groups is 4. The van der Waals surface area contributed by atoms with Crippen molar-refractivity contribution in [3.8, 4) is 5.75 Å². The van der Waals surface area contributed by atoms with Crippen LogP contribution in [-0.2, 0) is 31.1 Å². The normalized spacial score (nSPS) is 25.0. The number of imide groups is 1. The number of nitrogens with zero attached hydrogens (tertiary/aromatic N) is 1. The lowest BCUT2D eigenvalue weighted by molar-refractivity contribution is -0.132. The van der Waals surface area contributed by atoms with E-state index in [0.717, 1.165) is 22.0 Å². The third-order valence-electron chi connectivity index (χ3n) is 8.43. The Morgan fingerprint density at radius 2 is 1.75 bits per heavy atom. The zero-order chi connectivity index (χ0) is 27.8. The monoisotopic (exact) mass is 534 g/mol. The molecule has 7 rings (SSSR count). The first-order valence-electron chi connectivity index (χ1n) is 13.2. The summed E-state index contributed by atoms with van der Waals surface area (Å²) in [6, 6.07) is 19.3. The summed E-state index contributed by atoms with van der Waals surface area (Å²) in [6.07, 6.45) is 2.37. The highest BCUT2D eigenvalue weighted by Crippen LogP contribution is 2.54. The predicted molar refractivity (Wildman–Crippen MR) is 148 cm³/mol. The fraction of sp³-hybridized carbons (Fsp3) is 0.226. The number of benzene rings is 3. The second-order valence-corrected chi connectivity index (χ2v) is 10.7. The van der Waals surface area contributed by atoms with Crippen LogP contribution in [0.25, 0.3) is 10.9 Å². The van der Waals surface area contributed by atoms with Gasteiger partial charge in [0.2, 0.25) is 17.7 Å². The number of carbonyl (C=O) groups excluding carboxylic acids is 4. The Balaban J connectivity index is 1.34. The Hall–Kier alpha value is -4.76. The van der Waals surface area contributed by atoms with Gasteiger partial charge >= 0.3 is 5.97 Å². The van der Waals surface area contributed by atoms with Gasteiger partial charge in [0, 0.05) is 41.3 Å². The molecule has 3 amide bonds. The molecule has 4 atom stereocenters. The fourth-order valence-electron chi connectivity index (χ4n) is 6.77. The summed E-state index contributed by atoms with van der Waals surface area (Å²) in [4.78, 5) is 58.0. The van der Waals surface area contributed by atoms with Crippen molar-refractivity contribution >= 4 is 46.0 Å². The molecular weight excluding hydrogens is 508 g/mol. The molecule has 4 aromatic rings. The van der Waals surface area contributed by atoms with Crippen LogP contribution in [0.2, 0.25) is 0 Å². The Bertz CT molecular complexity index is 1740. The number of amides is 3. The van der Waals surface area contributed by atoms with Crippen LogP contribution >= 0.6 is 0 Å². The van der Waals surface area contributed by atoms with Gasteiger partial charge in [-0.2, -0.15) is 0 Å². The SMILES string of the molecule is CC(=O)Oc1ccc(N2C(=O)[C@@H]3C(Cc4c[nH]c5ccccc45)NC4(C(=O)Nc5c(C)cccc54)[C@@H]3C2=O)cc1. The Morgan fingerprint density at radius 1 is 0.975 bits per heavy atom. The van der Waals surface area contributed by atoms with Crippen molar-refractivity contribution in [3.63, 3.8) is 0 Å². The van der Waals surface area contributed by atoms with Gasteiger partial charge in [0.1, 0.15) is 11.3 Å². The highest BCUT2D eigenvalue weighted by Gasteiger charge is 2.70. The van der Waals surface area contributed by atoms with E-state index < -0.39 is 35.3 Å². The van der Waals surface area contributed by atoms with Crippen LogP contribution in [0.4, 0.5) is 11.4 Å². The van der Waals surface area contributed by atoms with Gasteiger partial charge in [0.05, 0.1) is 17.5 Å². The van der Waals surface area contributed by atoms with Crippen molar-refractivity contribution in [2.24, 2.45) is 11.8 Å². The van der Waals surface area contributed by atoms with Gasteiger partial charge in [-0.1, -0.05) is 36.4 Å². The van der Waals surface area contributed by atoms with E-state index in [1.54, 1.807) is 24.3 Å². The lowest BCUT2D eigenvalue weighted by Gasteiger charge is -2.29. The fourth-order valence-corrected chi connectivity index (χ4v) is 6.77. The summed E-state index contributed by atoms with van der Waals surface area (Å²) in [5.74, 6) is -3.00. The summed E-state index contributed by atoms with van der Waals surface area (Å²) < 4.78 is 5.12. The van der Waals surface area contributed by atoms with Crippen LogP contribution < -0.4 is 20.3 Å². The molecule has 0 saturated carbocycles. The third-order valence-corrected chi connectivity index (χ3v) is 8.43. The zero-order valence-electron chi connectivity index (χ0n) is 21.9. The average Bonchev–Trinajstić information content (AvgIpc) is 3.64. The molecular formula is C31H26N4O5. The van der Waals surface area contributed by atoms with Crippen molar-refractivity contribution < 1.29 is 23.9 Å². The standard InChI is InChI=1S/C31H26N4O5/c1-16-6-5-8-22-27(16)33-30(39)31(22)26-25(24(34-31)14-18-15-32-23-9-4-3-7-21(18)23)28(37)35(29(26)38)19-10-12-20(13-11-19)40-17(2)36/h3-13,15,24-26,32,34H,14H2,1-2H3,(H,33,39)/t24?,25-,26+,31?/m1/s1. The van der Waals surface area contributed by atoms with Crippen LogP contribution in [0, 0.1) is 18.8 Å². The second kappa shape index (κ2) is 8.62. The maximum atomic E-state index is 14.2. The summed E-state index contributed by atoms with van der Waals surface area (Å²) in [6.45, 7) is 3.21. The van der Waals surface area contributed by atoms with Gasteiger partial charge in [-0.15, -0.1) is 0 Å². The number of hydrogen-bond acceptors (Lipinski definition) is 6. The van der Waals surface area contributed by atoms with Crippen LogP contribution in [0.5, 0.6) is 5.75 Å². The second-order valence-electron chi connectivity index (χ2n) is 10.7. The van der Waals surface area contributed by atoms with Gasteiger partial charge in [-0.3, -0.25) is 24.5 Å². The quantitative estimate of drug-likeness (QED) is 0.209. The highest BCUT2D eigenvalue weighted by atomic mass is 16.5. The summed E-state index contributed by atoms with van der Waals surface area (Å²) in [7, 11) is 0. The molecule has 200 valence electrons. The maximum Gasteiger partial charge on any atom is 0.308 e. The summed E-state index contributed by atoms with van der Waals surface area (Å²) in [5.41, 5.74) is 3.20. The molecule has 40 heavy (non-hydrogen) atoms. The number of rotatable bonds is 4. The predicted octanol–water partition coefficient (Wildman–Crippen LogP) is 3.57. The Morgan fingerprint density at radius 3 is 2.52 bits per heavy atom. The Kier molecular flexibility index (Phi) is 5.24. The molecule has 9 heteroatoms. The van der Waals surface area contributed by atoms with E-state index in [9.17, 15) is 19.2 Å². The van der Waals surface area contributed by atoms with Gasteiger partial charge in [-0.05, 0) is 54.8 Å². The number of fused-ring (bicyclic) bond motifs is 5. The van der Waals surface area contributed by atoms with Crippen molar-refractivity contribution in [1.29, 1.82) is 0 Å². The van der Waals surface area contributed by atoms with E-state index in [4.69, 9.17) is 4.74 Å².